The topological polar surface area (TPSA) is 61.4 Å². The first-order valence-corrected chi connectivity index (χ1v) is 10.5. The van der Waals surface area contributed by atoms with Gasteiger partial charge >= 0.3 is 0 Å². The Bertz CT molecular complexity index is 891. The second-order valence-corrected chi connectivity index (χ2v) is 8.10. The van der Waals surface area contributed by atoms with E-state index in [2.05, 4.69) is 39.8 Å². The van der Waals surface area contributed by atoms with Gasteiger partial charge < -0.3 is 15.5 Å². The molecule has 1 aliphatic heterocycles. The zero-order valence-electron chi connectivity index (χ0n) is 17.8. The number of anilines is 2. The quantitative estimate of drug-likeness (QED) is 0.766. The van der Waals surface area contributed by atoms with Gasteiger partial charge in [-0.3, -0.25) is 9.59 Å². The van der Waals surface area contributed by atoms with Gasteiger partial charge in [0.25, 0.3) is 5.91 Å². The minimum absolute atomic E-state index is 0.0575. The molecule has 2 aromatic carbocycles. The number of fused-ring (bicyclic) bond motifs is 1. The molecule has 0 bridgehead atoms. The summed E-state index contributed by atoms with van der Waals surface area (Å²) in [6.07, 6.45) is 1.82. The van der Waals surface area contributed by atoms with E-state index in [4.69, 9.17) is 0 Å². The molecule has 0 fully saturated rings. The summed E-state index contributed by atoms with van der Waals surface area (Å²) >= 11 is 0. The molecule has 0 spiro atoms. The number of carbonyl (C=O) groups is 2. The lowest BCUT2D eigenvalue weighted by Crippen LogP contribution is -2.35. The third kappa shape index (κ3) is 4.97. The standard InChI is InChI=1S/C24H31N3O2/c1-5-17(4)25-24(29)21-14-20(26-23(28)16(2)3)10-11-22(21)27-13-12-18-8-6-7-9-19(18)15-27/h6-11,14,16-17H,5,12-13,15H2,1-4H3,(H,25,29)(H,26,28). The molecule has 0 radical (unpaired) electrons. The number of benzene rings is 2. The van der Waals surface area contributed by atoms with Crippen molar-refractivity contribution >= 4 is 23.2 Å². The molecule has 2 N–H and O–H groups in total. The van der Waals surface area contributed by atoms with Crippen molar-refractivity contribution in [3.05, 3.63) is 59.2 Å². The van der Waals surface area contributed by atoms with Gasteiger partial charge in [-0.1, -0.05) is 45.0 Å². The molecule has 3 rings (SSSR count). The lowest BCUT2D eigenvalue weighted by atomic mass is 9.98. The highest BCUT2D eigenvalue weighted by molar-refractivity contribution is 6.02. The predicted octanol–water partition coefficient (Wildman–Crippen LogP) is 4.37. The molecule has 29 heavy (non-hydrogen) atoms. The molecule has 154 valence electrons. The Kier molecular flexibility index (Phi) is 6.57. The molecule has 0 saturated carbocycles. The lowest BCUT2D eigenvalue weighted by Gasteiger charge is -2.32. The zero-order chi connectivity index (χ0) is 21.0. The monoisotopic (exact) mass is 393 g/mol. The van der Waals surface area contributed by atoms with Crippen molar-refractivity contribution in [2.24, 2.45) is 5.92 Å². The van der Waals surface area contributed by atoms with Crippen molar-refractivity contribution in [2.75, 3.05) is 16.8 Å². The van der Waals surface area contributed by atoms with Crippen LogP contribution in [-0.4, -0.2) is 24.4 Å². The minimum atomic E-state index is -0.120. The van der Waals surface area contributed by atoms with Crippen LogP contribution in [0.1, 0.15) is 55.6 Å². The number of amides is 2. The maximum Gasteiger partial charge on any atom is 0.253 e. The van der Waals surface area contributed by atoms with E-state index in [-0.39, 0.29) is 23.8 Å². The molecule has 2 amide bonds. The molecule has 1 atom stereocenters. The Morgan fingerprint density at radius 1 is 1.07 bits per heavy atom. The second kappa shape index (κ2) is 9.12. The average molecular weight is 394 g/mol. The van der Waals surface area contributed by atoms with E-state index in [0.717, 1.165) is 31.6 Å². The Labute approximate surface area is 173 Å². The average Bonchev–Trinajstić information content (AvgIpc) is 2.73. The van der Waals surface area contributed by atoms with E-state index in [1.54, 1.807) is 6.07 Å². The summed E-state index contributed by atoms with van der Waals surface area (Å²) in [6, 6.07) is 14.2. The first kappa shape index (κ1) is 20.9. The van der Waals surface area contributed by atoms with Crippen LogP contribution in [0.15, 0.2) is 42.5 Å². The van der Waals surface area contributed by atoms with E-state index in [9.17, 15) is 9.59 Å². The lowest BCUT2D eigenvalue weighted by molar-refractivity contribution is -0.118. The number of rotatable bonds is 6. The first-order chi connectivity index (χ1) is 13.9. The summed E-state index contributed by atoms with van der Waals surface area (Å²) in [5.74, 6) is -0.280. The van der Waals surface area contributed by atoms with Gasteiger partial charge in [0.15, 0.2) is 0 Å². The van der Waals surface area contributed by atoms with Crippen molar-refractivity contribution in [2.45, 2.75) is 53.1 Å². The molecule has 1 aliphatic rings. The Morgan fingerprint density at radius 2 is 1.79 bits per heavy atom. The number of hydrogen-bond acceptors (Lipinski definition) is 3. The number of nitrogens with zero attached hydrogens (tertiary/aromatic N) is 1. The van der Waals surface area contributed by atoms with Crippen LogP contribution in [0.5, 0.6) is 0 Å². The number of hydrogen-bond donors (Lipinski definition) is 2. The third-order valence-corrected chi connectivity index (χ3v) is 5.49. The van der Waals surface area contributed by atoms with Crippen molar-refractivity contribution in [3.8, 4) is 0 Å². The van der Waals surface area contributed by atoms with E-state index in [1.165, 1.54) is 11.1 Å². The second-order valence-electron chi connectivity index (χ2n) is 8.10. The first-order valence-electron chi connectivity index (χ1n) is 10.5. The molecule has 1 heterocycles. The van der Waals surface area contributed by atoms with Gasteiger partial charge in [-0.15, -0.1) is 0 Å². The van der Waals surface area contributed by atoms with Gasteiger partial charge in [0.1, 0.15) is 0 Å². The van der Waals surface area contributed by atoms with Crippen LogP contribution in [0.4, 0.5) is 11.4 Å². The highest BCUT2D eigenvalue weighted by Crippen LogP contribution is 2.30. The Morgan fingerprint density at radius 3 is 2.48 bits per heavy atom. The van der Waals surface area contributed by atoms with Crippen LogP contribution in [0.2, 0.25) is 0 Å². The summed E-state index contributed by atoms with van der Waals surface area (Å²) in [5.41, 5.74) is 4.83. The Balaban J connectivity index is 1.93. The summed E-state index contributed by atoms with van der Waals surface area (Å²) in [6.45, 7) is 9.39. The minimum Gasteiger partial charge on any atom is -0.366 e. The maximum absolute atomic E-state index is 13.0. The SMILES string of the molecule is CCC(C)NC(=O)c1cc(NC(=O)C(C)C)ccc1N1CCc2ccccc2C1. The smallest absolute Gasteiger partial charge is 0.253 e. The van der Waals surface area contributed by atoms with Gasteiger partial charge in [0.05, 0.1) is 5.56 Å². The van der Waals surface area contributed by atoms with Crippen LogP contribution in [-0.2, 0) is 17.8 Å². The molecular weight excluding hydrogens is 362 g/mol. The van der Waals surface area contributed by atoms with Gasteiger partial charge in [0.2, 0.25) is 5.91 Å². The van der Waals surface area contributed by atoms with Gasteiger partial charge in [-0.2, -0.15) is 0 Å². The Hall–Kier alpha value is -2.82. The maximum atomic E-state index is 13.0. The fourth-order valence-electron chi connectivity index (χ4n) is 3.46. The van der Waals surface area contributed by atoms with E-state index in [1.807, 2.05) is 39.8 Å². The molecule has 1 unspecified atom stereocenters. The van der Waals surface area contributed by atoms with Crippen LogP contribution in [0.25, 0.3) is 0 Å². The predicted molar refractivity (Wildman–Crippen MR) is 118 cm³/mol. The van der Waals surface area contributed by atoms with Crippen molar-refractivity contribution in [1.82, 2.24) is 5.32 Å². The van der Waals surface area contributed by atoms with Crippen LogP contribution < -0.4 is 15.5 Å². The summed E-state index contributed by atoms with van der Waals surface area (Å²) < 4.78 is 0. The fourth-order valence-corrected chi connectivity index (χ4v) is 3.46. The summed E-state index contributed by atoms with van der Waals surface area (Å²) in [4.78, 5) is 27.4. The van der Waals surface area contributed by atoms with Gasteiger partial charge in [-0.05, 0) is 49.1 Å². The largest absolute Gasteiger partial charge is 0.366 e. The molecular formula is C24H31N3O2. The zero-order valence-corrected chi connectivity index (χ0v) is 17.8. The van der Waals surface area contributed by atoms with Crippen molar-refractivity contribution < 1.29 is 9.59 Å². The molecule has 2 aromatic rings. The van der Waals surface area contributed by atoms with E-state index in [0.29, 0.717) is 11.3 Å². The van der Waals surface area contributed by atoms with Crippen LogP contribution >= 0.6 is 0 Å². The van der Waals surface area contributed by atoms with Crippen molar-refractivity contribution in [3.63, 3.8) is 0 Å². The number of nitrogens with one attached hydrogen (secondary N) is 2. The molecule has 5 nitrogen and oxygen atoms in total. The van der Waals surface area contributed by atoms with Gasteiger partial charge in [-0.25, -0.2) is 0 Å². The van der Waals surface area contributed by atoms with E-state index >= 15 is 0 Å². The number of carbonyl (C=O) groups excluding carboxylic acids is 2. The normalized spacial score (nSPS) is 14.3. The molecule has 0 aliphatic carbocycles. The van der Waals surface area contributed by atoms with Crippen LogP contribution in [0.3, 0.4) is 0 Å². The highest BCUT2D eigenvalue weighted by atomic mass is 16.2. The third-order valence-electron chi connectivity index (χ3n) is 5.49. The molecule has 5 heteroatoms. The van der Waals surface area contributed by atoms with E-state index < -0.39 is 0 Å². The van der Waals surface area contributed by atoms with Gasteiger partial charge in [0, 0.05) is 36.4 Å². The highest BCUT2D eigenvalue weighted by Gasteiger charge is 2.22. The van der Waals surface area contributed by atoms with Crippen LogP contribution in [0, 0.1) is 5.92 Å². The molecule has 0 aromatic heterocycles. The molecule has 0 saturated heterocycles. The summed E-state index contributed by atoms with van der Waals surface area (Å²) in [7, 11) is 0. The summed E-state index contributed by atoms with van der Waals surface area (Å²) in [5, 5.41) is 5.98. The fraction of sp³-hybridized carbons (Fsp3) is 0.417. The van der Waals surface area contributed by atoms with Crippen molar-refractivity contribution in [1.29, 1.82) is 0 Å².